The SMILES string of the molecule is NC1(c2cc3c(cc2F)CC(CCCB(O)O)C3C(=O)O)CCCCC1. The standard InChI is InChI=1S/C19H27BFNO4/c21-16-10-13-9-12(5-4-8-20(25)26)17(18(23)24)14(13)11-15(16)19(22)6-2-1-3-7-19/h10-12,17,25-26H,1-9,22H2,(H,23,24). The average molecular weight is 363 g/mol. The van der Waals surface area contributed by atoms with Crippen molar-refractivity contribution in [3.63, 3.8) is 0 Å². The summed E-state index contributed by atoms with van der Waals surface area (Å²) in [5.41, 5.74) is 7.67. The summed E-state index contributed by atoms with van der Waals surface area (Å²) >= 11 is 0. The third-order valence-corrected chi connectivity index (χ3v) is 6.10. The highest BCUT2D eigenvalue weighted by molar-refractivity contribution is 6.40. The molecule has 3 rings (SSSR count). The van der Waals surface area contributed by atoms with Crippen LogP contribution in [0.5, 0.6) is 0 Å². The molecule has 0 radical (unpaired) electrons. The van der Waals surface area contributed by atoms with Crippen LogP contribution in [0, 0.1) is 11.7 Å². The fourth-order valence-corrected chi connectivity index (χ4v) is 4.75. The van der Waals surface area contributed by atoms with Gasteiger partial charge in [-0.25, -0.2) is 4.39 Å². The summed E-state index contributed by atoms with van der Waals surface area (Å²) in [7, 11) is -1.38. The van der Waals surface area contributed by atoms with Crippen LogP contribution in [0.4, 0.5) is 4.39 Å². The lowest BCUT2D eigenvalue weighted by Crippen LogP contribution is -2.39. The zero-order valence-electron chi connectivity index (χ0n) is 15.0. The molecule has 5 nitrogen and oxygen atoms in total. The Balaban J connectivity index is 1.89. The molecule has 1 saturated carbocycles. The maximum atomic E-state index is 14.8. The van der Waals surface area contributed by atoms with Gasteiger partial charge in [0.15, 0.2) is 0 Å². The lowest BCUT2D eigenvalue weighted by molar-refractivity contribution is -0.139. The number of hydrogen-bond acceptors (Lipinski definition) is 4. The number of rotatable bonds is 6. The van der Waals surface area contributed by atoms with Crippen molar-refractivity contribution in [3.05, 3.63) is 34.6 Å². The summed E-state index contributed by atoms with van der Waals surface area (Å²) in [5, 5.41) is 27.7. The molecule has 2 aliphatic carbocycles. The molecule has 7 heteroatoms. The van der Waals surface area contributed by atoms with Crippen molar-refractivity contribution >= 4 is 13.1 Å². The van der Waals surface area contributed by atoms with E-state index in [-0.39, 0.29) is 18.1 Å². The summed E-state index contributed by atoms with van der Waals surface area (Å²) in [5.74, 6) is -2.09. The van der Waals surface area contributed by atoms with Crippen molar-refractivity contribution in [1.82, 2.24) is 0 Å². The van der Waals surface area contributed by atoms with Crippen LogP contribution in [0.25, 0.3) is 0 Å². The maximum absolute atomic E-state index is 14.8. The lowest BCUT2D eigenvalue weighted by Gasteiger charge is -2.34. The second-order valence-corrected chi connectivity index (χ2v) is 7.94. The van der Waals surface area contributed by atoms with E-state index in [2.05, 4.69) is 0 Å². The third kappa shape index (κ3) is 3.80. The van der Waals surface area contributed by atoms with E-state index in [1.807, 2.05) is 0 Å². The quantitative estimate of drug-likeness (QED) is 0.582. The van der Waals surface area contributed by atoms with Gasteiger partial charge in [0.1, 0.15) is 5.82 Å². The molecule has 1 aromatic carbocycles. The van der Waals surface area contributed by atoms with Gasteiger partial charge in [0.2, 0.25) is 0 Å². The number of benzene rings is 1. The van der Waals surface area contributed by atoms with Crippen LogP contribution in [-0.4, -0.2) is 28.2 Å². The molecule has 0 bridgehead atoms. The fraction of sp³-hybridized carbons (Fsp3) is 0.632. The number of nitrogens with two attached hydrogens (primary N) is 1. The van der Waals surface area contributed by atoms with E-state index in [0.29, 0.717) is 30.4 Å². The highest BCUT2D eigenvalue weighted by Crippen LogP contribution is 2.44. The van der Waals surface area contributed by atoms with Gasteiger partial charge in [0, 0.05) is 11.1 Å². The first-order valence-electron chi connectivity index (χ1n) is 9.52. The van der Waals surface area contributed by atoms with Gasteiger partial charge in [-0.3, -0.25) is 4.79 Å². The number of halogens is 1. The van der Waals surface area contributed by atoms with E-state index in [1.165, 1.54) is 6.07 Å². The van der Waals surface area contributed by atoms with Gasteiger partial charge < -0.3 is 20.9 Å². The van der Waals surface area contributed by atoms with Crippen molar-refractivity contribution in [2.24, 2.45) is 11.7 Å². The summed E-state index contributed by atoms with van der Waals surface area (Å²) in [6.45, 7) is 0. The average Bonchev–Trinajstić information content (AvgIpc) is 2.91. The zero-order valence-corrected chi connectivity index (χ0v) is 15.0. The van der Waals surface area contributed by atoms with E-state index in [4.69, 9.17) is 15.8 Å². The topological polar surface area (TPSA) is 104 Å². The first-order valence-corrected chi connectivity index (χ1v) is 9.52. The molecule has 142 valence electrons. The summed E-state index contributed by atoms with van der Waals surface area (Å²) in [6, 6.07) is 3.18. The number of carboxylic acid groups (broad SMARTS) is 1. The highest BCUT2D eigenvalue weighted by atomic mass is 19.1. The van der Waals surface area contributed by atoms with Crippen LogP contribution in [0.2, 0.25) is 6.32 Å². The second kappa shape index (κ2) is 7.67. The molecule has 0 aliphatic heterocycles. The minimum atomic E-state index is -1.38. The van der Waals surface area contributed by atoms with Crippen molar-refractivity contribution in [2.75, 3.05) is 0 Å². The Morgan fingerprint density at radius 1 is 1.27 bits per heavy atom. The molecule has 0 aromatic heterocycles. The molecule has 2 aliphatic rings. The lowest BCUT2D eigenvalue weighted by atomic mass is 9.76. The van der Waals surface area contributed by atoms with Crippen molar-refractivity contribution in [1.29, 1.82) is 0 Å². The van der Waals surface area contributed by atoms with Gasteiger partial charge in [0.25, 0.3) is 0 Å². The van der Waals surface area contributed by atoms with E-state index >= 15 is 0 Å². The Labute approximate surface area is 153 Å². The van der Waals surface area contributed by atoms with Crippen LogP contribution in [-0.2, 0) is 16.8 Å². The molecule has 0 saturated heterocycles. The fourth-order valence-electron chi connectivity index (χ4n) is 4.75. The van der Waals surface area contributed by atoms with Gasteiger partial charge in [-0.2, -0.15) is 0 Å². The van der Waals surface area contributed by atoms with E-state index < -0.39 is 24.5 Å². The van der Waals surface area contributed by atoms with Gasteiger partial charge in [0.05, 0.1) is 5.92 Å². The summed E-state index contributed by atoms with van der Waals surface area (Å²) in [6.07, 6.45) is 6.26. The number of carbonyl (C=O) groups is 1. The Hall–Kier alpha value is -1.44. The van der Waals surface area contributed by atoms with E-state index in [9.17, 15) is 14.3 Å². The zero-order chi connectivity index (χ0) is 18.9. The van der Waals surface area contributed by atoms with E-state index in [0.717, 1.165) is 37.7 Å². The third-order valence-electron chi connectivity index (χ3n) is 6.10. The maximum Gasteiger partial charge on any atom is 0.451 e. The molecule has 0 heterocycles. The van der Waals surface area contributed by atoms with Crippen molar-refractivity contribution in [2.45, 2.75) is 69.1 Å². The van der Waals surface area contributed by atoms with Crippen LogP contribution in [0.1, 0.15) is 67.6 Å². The molecule has 26 heavy (non-hydrogen) atoms. The molecule has 1 fully saturated rings. The minimum absolute atomic E-state index is 0.156. The van der Waals surface area contributed by atoms with Crippen LogP contribution in [0.3, 0.4) is 0 Å². The molecular formula is C19H27BFNO4. The molecule has 0 amide bonds. The van der Waals surface area contributed by atoms with Gasteiger partial charge in [-0.1, -0.05) is 25.7 Å². The summed E-state index contributed by atoms with van der Waals surface area (Å²) < 4.78 is 14.8. The van der Waals surface area contributed by atoms with Crippen LogP contribution < -0.4 is 5.73 Å². The normalized spacial score (nSPS) is 24.3. The van der Waals surface area contributed by atoms with Crippen LogP contribution in [0.15, 0.2) is 12.1 Å². The molecule has 1 aromatic rings. The molecule has 5 N–H and O–H groups in total. The van der Waals surface area contributed by atoms with Crippen LogP contribution >= 0.6 is 0 Å². The molecular weight excluding hydrogens is 336 g/mol. The second-order valence-electron chi connectivity index (χ2n) is 7.94. The van der Waals surface area contributed by atoms with Crippen molar-refractivity contribution in [3.8, 4) is 0 Å². The minimum Gasteiger partial charge on any atom is -0.481 e. The summed E-state index contributed by atoms with van der Waals surface area (Å²) in [4.78, 5) is 11.9. The largest absolute Gasteiger partial charge is 0.481 e. The van der Waals surface area contributed by atoms with Crippen molar-refractivity contribution < 1.29 is 24.3 Å². The first kappa shape index (κ1) is 19.3. The number of hydrogen-bond donors (Lipinski definition) is 4. The number of carboxylic acids is 1. The first-order chi connectivity index (χ1) is 12.3. The monoisotopic (exact) mass is 363 g/mol. The number of aliphatic carboxylic acids is 1. The Morgan fingerprint density at radius 2 is 1.96 bits per heavy atom. The van der Waals surface area contributed by atoms with E-state index in [1.54, 1.807) is 6.07 Å². The Bertz CT molecular complexity index is 676. The molecule has 0 spiro atoms. The van der Waals surface area contributed by atoms with Gasteiger partial charge in [-0.05, 0) is 61.2 Å². The Kier molecular flexibility index (Phi) is 5.70. The predicted octanol–water partition coefficient (Wildman–Crippen LogP) is 2.54. The number of fused-ring (bicyclic) bond motifs is 1. The molecule has 2 unspecified atom stereocenters. The highest BCUT2D eigenvalue weighted by Gasteiger charge is 2.40. The molecule has 2 atom stereocenters. The van der Waals surface area contributed by atoms with Gasteiger partial charge >= 0.3 is 13.1 Å². The smallest absolute Gasteiger partial charge is 0.451 e. The Morgan fingerprint density at radius 3 is 2.58 bits per heavy atom. The predicted molar refractivity (Wildman–Crippen MR) is 97.2 cm³/mol. The van der Waals surface area contributed by atoms with Gasteiger partial charge in [-0.15, -0.1) is 0 Å².